The zero-order valence-corrected chi connectivity index (χ0v) is 12.4. The molecule has 0 spiro atoms. The highest BCUT2D eigenvalue weighted by molar-refractivity contribution is 6.09. The van der Waals surface area contributed by atoms with Crippen molar-refractivity contribution in [1.29, 1.82) is 0 Å². The zero-order chi connectivity index (χ0) is 14.7. The van der Waals surface area contributed by atoms with Crippen LogP contribution in [0.15, 0.2) is 30.5 Å². The van der Waals surface area contributed by atoms with Gasteiger partial charge >= 0.3 is 0 Å². The number of nitrogens with zero attached hydrogens (tertiary/aromatic N) is 1. The minimum absolute atomic E-state index is 0.0225. The lowest BCUT2D eigenvalue weighted by molar-refractivity contribution is 0.103. The predicted octanol–water partition coefficient (Wildman–Crippen LogP) is 3.50. The Labute approximate surface area is 119 Å². The molecule has 0 aliphatic rings. The fourth-order valence-electron chi connectivity index (χ4n) is 2.31. The van der Waals surface area contributed by atoms with E-state index in [9.17, 15) is 4.79 Å². The van der Waals surface area contributed by atoms with E-state index in [1.165, 1.54) is 0 Å². The van der Waals surface area contributed by atoms with Gasteiger partial charge in [0.2, 0.25) is 5.78 Å². The smallest absolute Gasteiger partial charge is 0.211 e. The van der Waals surface area contributed by atoms with E-state index in [1.54, 1.807) is 13.3 Å². The van der Waals surface area contributed by atoms with Gasteiger partial charge in [-0.1, -0.05) is 13.0 Å². The van der Waals surface area contributed by atoms with Crippen molar-refractivity contribution in [2.45, 2.75) is 27.2 Å². The number of ketones is 1. The lowest BCUT2D eigenvalue weighted by Gasteiger charge is -2.11. The summed E-state index contributed by atoms with van der Waals surface area (Å²) in [6.07, 6.45) is 2.46. The number of carbonyl (C=O) groups excluding carboxylic acids is 1. The number of aryl methyl sites for hydroxylation is 3. The monoisotopic (exact) mass is 269 g/mol. The van der Waals surface area contributed by atoms with Gasteiger partial charge in [0.25, 0.3) is 0 Å². The first-order valence-electron chi connectivity index (χ1n) is 6.72. The molecule has 3 nitrogen and oxygen atoms in total. The van der Waals surface area contributed by atoms with Crippen LogP contribution in [0, 0.1) is 13.8 Å². The van der Waals surface area contributed by atoms with Gasteiger partial charge < -0.3 is 4.74 Å². The summed E-state index contributed by atoms with van der Waals surface area (Å²) in [6.45, 7) is 5.89. The van der Waals surface area contributed by atoms with Crippen LogP contribution in [0.25, 0.3) is 0 Å². The molecule has 20 heavy (non-hydrogen) atoms. The van der Waals surface area contributed by atoms with Crippen LogP contribution in [0.3, 0.4) is 0 Å². The van der Waals surface area contributed by atoms with Crippen LogP contribution in [0.5, 0.6) is 5.75 Å². The fourth-order valence-corrected chi connectivity index (χ4v) is 2.31. The Morgan fingerprint density at radius 3 is 2.65 bits per heavy atom. The summed E-state index contributed by atoms with van der Waals surface area (Å²) in [5.41, 5.74) is 4.07. The molecule has 1 aromatic carbocycles. The largest absolute Gasteiger partial charge is 0.496 e. The van der Waals surface area contributed by atoms with E-state index in [2.05, 4.69) is 4.98 Å². The summed E-state index contributed by atoms with van der Waals surface area (Å²) in [5.74, 6) is 0.779. The van der Waals surface area contributed by atoms with E-state index in [4.69, 9.17) is 4.74 Å². The number of benzene rings is 1. The summed E-state index contributed by atoms with van der Waals surface area (Å²) in [5, 5.41) is 0. The summed E-state index contributed by atoms with van der Waals surface area (Å²) in [4.78, 5) is 17.0. The molecule has 0 saturated heterocycles. The maximum absolute atomic E-state index is 12.7. The Morgan fingerprint density at radius 2 is 2.00 bits per heavy atom. The lowest BCUT2D eigenvalue weighted by Crippen LogP contribution is -2.10. The fraction of sp³-hybridized carbons (Fsp3) is 0.294. The molecular weight excluding hydrogens is 250 g/mol. The number of methoxy groups -OCH3 is 1. The highest BCUT2D eigenvalue weighted by Crippen LogP contribution is 2.24. The maximum Gasteiger partial charge on any atom is 0.211 e. The summed E-state index contributed by atoms with van der Waals surface area (Å²) in [7, 11) is 1.64. The van der Waals surface area contributed by atoms with Gasteiger partial charge in [0.05, 0.1) is 7.11 Å². The Kier molecular flexibility index (Phi) is 4.18. The molecule has 0 saturated carbocycles. The molecular formula is C17H19NO2. The molecule has 2 rings (SSSR count). The topological polar surface area (TPSA) is 39.2 Å². The number of carbonyl (C=O) groups is 1. The first kappa shape index (κ1) is 14.3. The van der Waals surface area contributed by atoms with Gasteiger partial charge in [0, 0.05) is 11.8 Å². The van der Waals surface area contributed by atoms with Gasteiger partial charge in [-0.2, -0.15) is 0 Å². The number of aromatic nitrogens is 1. The second-order valence-corrected chi connectivity index (χ2v) is 4.83. The molecule has 0 radical (unpaired) electrons. The highest BCUT2D eigenvalue weighted by atomic mass is 16.5. The quantitative estimate of drug-likeness (QED) is 0.797. The Hall–Kier alpha value is -2.16. The van der Waals surface area contributed by atoms with Crippen molar-refractivity contribution >= 4 is 5.78 Å². The van der Waals surface area contributed by atoms with E-state index in [1.807, 2.05) is 45.0 Å². The van der Waals surface area contributed by atoms with Crippen molar-refractivity contribution in [3.8, 4) is 5.75 Å². The van der Waals surface area contributed by atoms with Gasteiger partial charge in [-0.05, 0) is 55.2 Å². The van der Waals surface area contributed by atoms with Crippen LogP contribution in [0.1, 0.15) is 39.7 Å². The molecule has 0 fully saturated rings. The molecule has 0 aliphatic carbocycles. The highest BCUT2D eigenvalue weighted by Gasteiger charge is 2.17. The molecule has 3 heteroatoms. The Morgan fingerprint density at radius 1 is 1.25 bits per heavy atom. The Balaban J connectivity index is 2.51. The molecule has 104 valence electrons. The SMILES string of the molecule is CCc1cccnc1C(=O)c1cc(C)c(OC)cc1C. The van der Waals surface area contributed by atoms with Crippen molar-refractivity contribution in [2.24, 2.45) is 0 Å². The number of pyridine rings is 1. The zero-order valence-electron chi connectivity index (χ0n) is 12.4. The Bertz CT molecular complexity index is 647. The summed E-state index contributed by atoms with van der Waals surface area (Å²) in [6, 6.07) is 7.59. The first-order chi connectivity index (χ1) is 9.58. The van der Waals surface area contributed by atoms with Crippen LogP contribution in [0.2, 0.25) is 0 Å². The standard InChI is InChI=1S/C17H19NO2/c1-5-13-7-6-8-18-16(13)17(19)14-9-12(3)15(20-4)10-11(14)2/h6-10H,5H2,1-4H3. The molecule has 0 amide bonds. The number of hydrogen-bond acceptors (Lipinski definition) is 3. The predicted molar refractivity (Wildman–Crippen MR) is 79.5 cm³/mol. The number of hydrogen-bond donors (Lipinski definition) is 0. The molecule has 1 heterocycles. The maximum atomic E-state index is 12.7. The molecule has 0 atom stereocenters. The summed E-state index contributed by atoms with van der Waals surface area (Å²) < 4.78 is 5.28. The van der Waals surface area contributed by atoms with E-state index < -0.39 is 0 Å². The van der Waals surface area contributed by atoms with Gasteiger partial charge in [0.1, 0.15) is 11.4 Å². The van der Waals surface area contributed by atoms with Gasteiger partial charge in [-0.3, -0.25) is 9.78 Å². The molecule has 0 unspecified atom stereocenters. The molecule has 0 N–H and O–H groups in total. The van der Waals surface area contributed by atoms with Crippen LogP contribution in [-0.2, 0) is 6.42 Å². The minimum atomic E-state index is -0.0225. The second-order valence-electron chi connectivity index (χ2n) is 4.83. The van der Waals surface area contributed by atoms with Crippen molar-refractivity contribution in [1.82, 2.24) is 4.98 Å². The first-order valence-corrected chi connectivity index (χ1v) is 6.72. The average Bonchev–Trinajstić information content (AvgIpc) is 2.48. The van der Waals surface area contributed by atoms with Crippen molar-refractivity contribution in [2.75, 3.05) is 7.11 Å². The van der Waals surface area contributed by atoms with E-state index in [0.29, 0.717) is 11.3 Å². The van der Waals surface area contributed by atoms with Gasteiger partial charge in [-0.15, -0.1) is 0 Å². The van der Waals surface area contributed by atoms with E-state index in [0.717, 1.165) is 28.9 Å². The van der Waals surface area contributed by atoms with Gasteiger partial charge in [-0.25, -0.2) is 0 Å². The van der Waals surface area contributed by atoms with Crippen LogP contribution >= 0.6 is 0 Å². The minimum Gasteiger partial charge on any atom is -0.496 e. The molecule has 0 aliphatic heterocycles. The lowest BCUT2D eigenvalue weighted by atomic mass is 9.96. The van der Waals surface area contributed by atoms with Crippen LogP contribution < -0.4 is 4.74 Å². The third-order valence-corrected chi connectivity index (χ3v) is 3.47. The molecule has 2 aromatic rings. The van der Waals surface area contributed by atoms with Crippen LogP contribution in [-0.4, -0.2) is 17.9 Å². The van der Waals surface area contributed by atoms with Crippen molar-refractivity contribution in [3.05, 3.63) is 58.4 Å². The van der Waals surface area contributed by atoms with Gasteiger partial charge in [0.15, 0.2) is 0 Å². The van der Waals surface area contributed by atoms with Crippen LogP contribution in [0.4, 0.5) is 0 Å². The average molecular weight is 269 g/mol. The third-order valence-electron chi connectivity index (χ3n) is 3.47. The van der Waals surface area contributed by atoms with E-state index >= 15 is 0 Å². The normalized spacial score (nSPS) is 10.4. The second kappa shape index (κ2) is 5.87. The number of rotatable bonds is 4. The van der Waals surface area contributed by atoms with Crippen molar-refractivity contribution in [3.63, 3.8) is 0 Å². The number of ether oxygens (including phenoxy) is 1. The molecule has 1 aromatic heterocycles. The third kappa shape index (κ3) is 2.57. The van der Waals surface area contributed by atoms with Crippen molar-refractivity contribution < 1.29 is 9.53 Å². The summed E-state index contributed by atoms with van der Waals surface area (Å²) >= 11 is 0. The molecule has 0 bridgehead atoms. The van der Waals surface area contributed by atoms with E-state index in [-0.39, 0.29) is 5.78 Å².